The molecule has 1 rings (SSSR count). The summed E-state index contributed by atoms with van der Waals surface area (Å²) in [4.78, 5) is 14.3. The Labute approximate surface area is 109 Å². The van der Waals surface area contributed by atoms with Crippen LogP contribution in [0.15, 0.2) is 18.2 Å². The van der Waals surface area contributed by atoms with Crippen LogP contribution in [0.2, 0.25) is 0 Å². The average Bonchev–Trinajstić information content (AvgIpc) is 2.37. The summed E-state index contributed by atoms with van der Waals surface area (Å²) in [5.74, 6) is 5.53. The molecule has 0 fully saturated rings. The number of benzene rings is 1. The van der Waals surface area contributed by atoms with Crippen LogP contribution in [-0.4, -0.2) is 23.9 Å². The third-order valence-electron chi connectivity index (χ3n) is 2.84. The number of hydrogen-bond acceptors (Lipinski definition) is 3. The third kappa shape index (κ3) is 3.47. The first-order valence-corrected chi connectivity index (χ1v) is 6.50. The normalized spacial score (nSPS) is 10.2. The Morgan fingerprint density at radius 3 is 2.39 bits per heavy atom. The van der Waals surface area contributed by atoms with Gasteiger partial charge < -0.3 is 10.3 Å². The standard InChI is InChI=1S/C14H23N3O/c1-4-8-17(9-5-2)14(18)12-7-6-11(3)10-13(12)16-15/h6-7,10,16H,4-5,8-9,15H2,1-3H3. The first-order valence-electron chi connectivity index (χ1n) is 6.50. The van der Waals surface area contributed by atoms with Crippen LogP contribution < -0.4 is 11.3 Å². The summed E-state index contributed by atoms with van der Waals surface area (Å²) in [6.45, 7) is 7.69. The molecule has 0 heterocycles. The molecule has 1 aromatic carbocycles. The van der Waals surface area contributed by atoms with Crippen LogP contribution in [0.1, 0.15) is 42.6 Å². The van der Waals surface area contributed by atoms with Gasteiger partial charge in [-0.15, -0.1) is 0 Å². The topological polar surface area (TPSA) is 58.4 Å². The fourth-order valence-electron chi connectivity index (χ4n) is 1.99. The lowest BCUT2D eigenvalue weighted by molar-refractivity contribution is 0.0756. The molecular weight excluding hydrogens is 226 g/mol. The van der Waals surface area contributed by atoms with Crippen molar-refractivity contribution in [3.05, 3.63) is 29.3 Å². The van der Waals surface area contributed by atoms with Gasteiger partial charge in [0.25, 0.3) is 5.91 Å². The zero-order valence-corrected chi connectivity index (χ0v) is 11.5. The maximum atomic E-state index is 12.4. The van der Waals surface area contributed by atoms with Crippen molar-refractivity contribution in [2.24, 2.45) is 5.84 Å². The predicted molar refractivity (Wildman–Crippen MR) is 75.5 cm³/mol. The Bertz CT molecular complexity index is 398. The fraction of sp³-hybridized carbons (Fsp3) is 0.500. The number of nitrogens with one attached hydrogen (secondary N) is 1. The van der Waals surface area contributed by atoms with E-state index in [4.69, 9.17) is 5.84 Å². The van der Waals surface area contributed by atoms with Crippen molar-refractivity contribution < 1.29 is 4.79 Å². The number of hydrazine groups is 1. The monoisotopic (exact) mass is 249 g/mol. The van der Waals surface area contributed by atoms with Crippen molar-refractivity contribution in [3.8, 4) is 0 Å². The summed E-state index contributed by atoms with van der Waals surface area (Å²) in [5, 5.41) is 0. The number of nitrogen functional groups attached to an aromatic ring is 1. The number of aryl methyl sites for hydroxylation is 1. The molecule has 0 aromatic heterocycles. The van der Waals surface area contributed by atoms with Crippen molar-refractivity contribution in [2.45, 2.75) is 33.6 Å². The van der Waals surface area contributed by atoms with E-state index in [1.165, 1.54) is 0 Å². The second-order valence-corrected chi connectivity index (χ2v) is 4.49. The number of anilines is 1. The zero-order valence-electron chi connectivity index (χ0n) is 11.5. The van der Waals surface area contributed by atoms with E-state index in [1.54, 1.807) is 0 Å². The van der Waals surface area contributed by atoms with Crippen LogP contribution in [-0.2, 0) is 0 Å². The van der Waals surface area contributed by atoms with Gasteiger partial charge in [-0.05, 0) is 37.5 Å². The maximum Gasteiger partial charge on any atom is 0.256 e. The van der Waals surface area contributed by atoms with Gasteiger partial charge in [0.15, 0.2) is 0 Å². The smallest absolute Gasteiger partial charge is 0.256 e. The molecule has 0 saturated heterocycles. The molecular formula is C14H23N3O. The van der Waals surface area contributed by atoms with E-state index < -0.39 is 0 Å². The van der Waals surface area contributed by atoms with Crippen LogP contribution in [0.4, 0.5) is 5.69 Å². The van der Waals surface area contributed by atoms with Gasteiger partial charge in [-0.1, -0.05) is 19.9 Å². The molecule has 0 aliphatic carbocycles. The Balaban J connectivity index is 3.00. The molecule has 18 heavy (non-hydrogen) atoms. The molecule has 1 amide bonds. The van der Waals surface area contributed by atoms with E-state index in [2.05, 4.69) is 19.3 Å². The van der Waals surface area contributed by atoms with Crippen LogP contribution in [0.5, 0.6) is 0 Å². The molecule has 0 unspecified atom stereocenters. The molecule has 0 atom stereocenters. The van der Waals surface area contributed by atoms with Crippen LogP contribution in [0.3, 0.4) is 0 Å². The van der Waals surface area contributed by atoms with E-state index in [0.29, 0.717) is 11.3 Å². The second kappa shape index (κ2) is 7.01. The minimum absolute atomic E-state index is 0.0478. The van der Waals surface area contributed by atoms with Gasteiger partial charge in [0.1, 0.15) is 0 Å². The molecule has 3 N–H and O–H groups in total. The van der Waals surface area contributed by atoms with E-state index in [9.17, 15) is 4.79 Å². The highest BCUT2D eigenvalue weighted by molar-refractivity contribution is 5.99. The van der Waals surface area contributed by atoms with Crippen molar-refractivity contribution >= 4 is 11.6 Å². The maximum absolute atomic E-state index is 12.4. The highest BCUT2D eigenvalue weighted by Gasteiger charge is 2.17. The van der Waals surface area contributed by atoms with Gasteiger partial charge in [-0.3, -0.25) is 10.6 Å². The average molecular weight is 249 g/mol. The first-order chi connectivity index (χ1) is 8.63. The summed E-state index contributed by atoms with van der Waals surface area (Å²) in [6.07, 6.45) is 1.92. The van der Waals surface area contributed by atoms with Gasteiger partial charge in [-0.2, -0.15) is 0 Å². The molecule has 0 aliphatic rings. The quantitative estimate of drug-likeness (QED) is 0.601. The number of amides is 1. The summed E-state index contributed by atoms with van der Waals surface area (Å²) < 4.78 is 0. The van der Waals surface area contributed by atoms with Crippen molar-refractivity contribution in [2.75, 3.05) is 18.5 Å². The number of carbonyl (C=O) groups excluding carboxylic acids is 1. The number of carbonyl (C=O) groups is 1. The highest BCUT2D eigenvalue weighted by Crippen LogP contribution is 2.18. The summed E-state index contributed by atoms with van der Waals surface area (Å²) in [5.41, 5.74) is 5.02. The Morgan fingerprint density at radius 2 is 1.89 bits per heavy atom. The van der Waals surface area contributed by atoms with Gasteiger partial charge in [0, 0.05) is 13.1 Å². The van der Waals surface area contributed by atoms with Crippen LogP contribution >= 0.6 is 0 Å². The molecule has 0 saturated carbocycles. The highest BCUT2D eigenvalue weighted by atomic mass is 16.2. The molecule has 0 radical (unpaired) electrons. The van der Waals surface area contributed by atoms with E-state index in [1.807, 2.05) is 30.0 Å². The molecule has 0 aliphatic heterocycles. The van der Waals surface area contributed by atoms with Gasteiger partial charge in [0.05, 0.1) is 11.3 Å². The fourth-order valence-corrected chi connectivity index (χ4v) is 1.99. The molecule has 100 valence electrons. The van der Waals surface area contributed by atoms with Crippen molar-refractivity contribution in [3.63, 3.8) is 0 Å². The number of nitrogens with two attached hydrogens (primary N) is 1. The van der Waals surface area contributed by atoms with Crippen molar-refractivity contribution in [1.82, 2.24) is 4.90 Å². The summed E-state index contributed by atoms with van der Waals surface area (Å²) in [7, 11) is 0. The molecule has 0 bridgehead atoms. The zero-order chi connectivity index (χ0) is 13.5. The van der Waals surface area contributed by atoms with Crippen LogP contribution in [0.25, 0.3) is 0 Å². The van der Waals surface area contributed by atoms with E-state index in [0.717, 1.165) is 31.5 Å². The Kier molecular flexibility index (Phi) is 5.65. The van der Waals surface area contributed by atoms with Crippen molar-refractivity contribution in [1.29, 1.82) is 0 Å². The first kappa shape index (κ1) is 14.5. The predicted octanol–water partition coefficient (Wildman–Crippen LogP) is 2.54. The second-order valence-electron chi connectivity index (χ2n) is 4.49. The molecule has 0 spiro atoms. The van der Waals surface area contributed by atoms with E-state index in [-0.39, 0.29) is 5.91 Å². The number of rotatable bonds is 6. The Morgan fingerprint density at radius 1 is 1.28 bits per heavy atom. The SMILES string of the molecule is CCCN(CCC)C(=O)c1ccc(C)cc1NN. The molecule has 1 aromatic rings. The molecule has 4 nitrogen and oxygen atoms in total. The minimum Gasteiger partial charge on any atom is -0.339 e. The summed E-state index contributed by atoms with van der Waals surface area (Å²) in [6, 6.07) is 5.67. The van der Waals surface area contributed by atoms with Gasteiger partial charge in [0.2, 0.25) is 0 Å². The lowest BCUT2D eigenvalue weighted by atomic mass is 10.1. The number of hydrogen-bond donors (Lipinski definition) is 2. The van der Waals surface area contributed by atoms with Gasteiger partial charge >= 0.3 is 0 Å². The summed E-state index contributed by atoms with van der Waals surface area (Å²) >= 11 is 0. The molecule has 4 heteroatoms. The Hall–Kier alpha value is -1.55. The number of nitrogens with zero attached hydrogens (tertiary/aromatic N) is 1. The van der Waals surface area contributed by atoms with E-state index >= 15 is 0 Å². The lowest BCUT2D eigenvalue weighted by Gasteiger charge is -2.22. The largest absolute Gasteiger partial charge is 0.339 e. The lowest BCUT2D eigenvalue weighted by Crippen LogP contribution is -2.33. The van der Waals surface area contributed by atoms with Crippen LogP contribution in [0, 0.1) is 6.92 Å². The minimum atomic E-state index is 0.0478. The van der Waals surface area contributed by atoms with Gasteiger partial charge in [-0.25, -0.2) is 0 Å². The third-order valence-corrected chi connectivity index (χ3v) is 2.84.